The number of H-pyrrole nitrogens is 1. The minimum absolute atomic E-state index is 0.0777. The number of nitrogens with zero attached hydrogens (tertiary/aromatic N) is 5. The summed E-state index contributed by atoms with van der Waals surface area (Å²) in [6.07, 6.45) is 3.95. The Kier molecular flexibility index (Phi) is 6.01. The number of fused-ring (bicyclic) bond motifs is 2. The van der Waals surface area contributed by atoms with Crippen molar-refractivity contribution in [2.75, 3.05) is 19.6 Å². The average Bonchev–Trinajstić information content (AvgIpc) is 3.14. The fourth-order valence-electron chi connectivity index (χ4n) is 5.12. The fraction of sp³-hybridized carbons (Fsp3) is 0.520. The van der Waals surface area contributed by atoms with Crippen molar-refractivity contribution in [3.63, 3.8) is 0 Å². The van der Waals surface area contributed by atoms with Gasteiger partial charge in [-0.05, 0) is 44.5 Å². The first-order valence-corrected chi connectivity index (χ1v) is 12.1. The monoisotopic (exact) mass is 448 g/mol. The van der Waals surface area contributed by atoms with Gasteiger partial charge in [0.1, 0.15) is 11.6 Å². The van der Waals surface area contributed by atoms with Gasteiger partial charge in [0.2, 0.25) is 5.91 Å². The summed E-state index contributed by atoms with van der Waals surface area (Å²) < 4.78 is 2.18. The molecule has 2 aliphatic heterocycles. The Morgan fingerprint density at radius 1 is 1.15 bits per heavy atom. The van der Waals surface area contributed by atoms with Gasteiger partial charge in [-0.2, -0.15) is 0 Å². The number of carbonyl (C=O) groups is 1. The van der Waals surface area contributed by atoms with Crippen LogP contribution in [0.2, 0.25) is 0 Å². The lowest BCUT2D eigenvalue weighted by molar-refractivity contribution is -0.132. The highest BCUT2D eigenvalue weighted by atomic mass is 16.2. The lowest BCUT2D eigenvalue weighted by Crippen LogP contribution is -2.40. The number of para-hydroxylation sites is 2. The maximum Gasteiger partial charge on any atom is 0.256 e. The molecule has 1 saturated heterocycles. The van der Waals surface area contributed by atoms with Crippen LogP contribution in [0, 0.1) is 0 Å². The number of likely N-dealkylation sites (tertiary alicyclic amines) is 1. The molecule has 3 aromatic rings. The summed E-state index contributed by atoms with van der Waals surface area (Å²) in [4.78, 5) is 42.0. The van der Waals surface area contributed by atoms with Crippen molar-refractivity contribution in [1.29, 1.82) is 0 Å². The zero-order valence-electron chi connectivity index (χ0n) is 19.5. The number of benzene rings is 1. The highest BCUT2D eigenvalue weighted by Crippen LogP contribution is 2.27. The molecule has 0 spiro atoms. The van der Waals surface area contributed by atoms with Gasteiger partial charge >= 0.3 is 0 Å². The summed E-state index contributed by atoms with van der Waals surface area (Å²) in [6, 6.07) is 8.24. The fourth-order valence-corrected chi connectivity index (χ4v) is 5.12. The Hall–Kier alpha value is -3.00. The molecular weight excluding hydrogens is 416 g/mol. The average molecular weight is 449 g/mol. The van der Waals surface area contributed by atoms with Crippen LogP contribution in [0.25, 0.3) is 11.0 Å². The Morgan fingerprint density at radius 2 is 1.94 bits per heavy atom. The standard InChI is InChI=1S/C25H32N6O2/c1-3-6-23(32)31-14-11-19-18(15-31)25(33)28-24(27-19)17-9-12-30(13-10-17)16-22-26-20-7-4-5-8-21(20)29(22)2/h4-5,7-8,17H,3,6,9-16H2,1-2H3,(H,27,28,33). The topological polar surface area (TPSA) is 87.1 Å². The van der Waals surface area contributed by atoms with E-state index in [0.29, 0.717) is 31.5 Å². The quantitative estimate of drug-likeness (QED) is 0.649. The second-order valence-electron chi connectivity index (χ2n) is 9.32. The molecule has 4 heterocycles. The van der Waals surface area contributed by atoms with Crippen LogP contribution in [0.1, 0.15) is 61.4 Å². The molecule has 0 atom stereocenters. The number of carbonyl (C=O) groups excluding carboxylic acids is 1. The number of rotatable bonds is 5. The van der Waals surface area contributed by atoms with E-state index in [0.717, 1.165) is 67.3 Å². The third-order valence-electron chi connectivity index (χ3n) is 7.12. The van der Waals surface area contributed by atoms with Crippen LogP contribution in [-0.4, -0.2) is 54.9 Å². The van der Waals surface area contributed by atoms with Gasteiger partial charge in [-0.1, -0.05) is 19.1 Å². The maximum atomic E-state index is 12.8. The second-order valence-corrected chi connectivity index (χ2v) is 9.32. The van der Waals surface area contributed by atoms with Gasteiger partial charge in [0.15, 0.2) is 0 Å². The molecule has 1 amide bonds. The molecule has 1 N–H and O–H groups in total. The number of hydrogen-bond acceptors (Lipinski definition) is 5. The molecule has 8 nitrogen and oxygen atoms in total. The van der Waals surface area contributed by atoms with Crippen molar-refractivity contribution in [1.82, 2.24) is 29.3 Å². The normalized spacial score (nSPS) is 17.5. The number of aryl methyl sites for hydroxylation is 1. The van der Waals surface area contributed by atoms with E-state index in [1.54, 1.807) is 4.90 Å². The van der Waals surface area contributed by atoms with Crippen molar-refractivity contribution in [2.45, 2.75) is 58.0 Å². The first kappa shape index (κ1) is 21.8. The van der Waals surface area contributed by atoms with Crippen LogP contribution < -0.4 is 5.56 Å². The Morgan fingerprint density at radius 3 is 2.70 bits per heavy atom. The predicted molar refractivity (Wildman–Crippen MR) is 127 cm³/mol. The largest absolute Gasteiger partial charge is 0.338 e. The summed E-state index contributed by atoms with van der Waals surface area (Å²) in [5, 5.41) is 0. The van der Waals surface area contributed by atoms with Crippen LogP contribution in [0.15, 0.2) is 29.1 Å². The number of imidazole rings is 1. The van der Waals surface area contributed by atoms with Crippen molar-refractivity contribution >= 4 is 16.9 Å². The summed E-state index contributed by atoms with van der Waals surface area (Å²) in [6.45, 7) is 5.77. The second kappa shape index (κ2) is 9.09. The number of piperidine rings is 1. The van der Waals surface area contributed by atoms with Gasteiger partial charge in [-0.3, -0.25) is 14.5 Å². The summed E-state index contributed by atoms with van der Waals surface area (Å²) in [5.41, 5.74) is 3.65. The van der Waals surface area contributed by atoms with E-state index in [1.165, 1.54) is 0 Å². The molecule has 0 saturated carbocycles. The molecule has 0 unspecified atom stereocenters. The number of amides is 1. The van der Waals surface area contributed by atoms with E-state index >= 15 is 0 Å². The van der Waals surface area contributed by atoms with Crippen LogP contribution in [0.5, 0.6) is 0 Å². The minimum atomic E-state index is -0.0777. The van der Waals surface area contributed by atoms with E-state index in [1.807, 2.05) is 19.1 Å². The predicted octanol–water partition coefficient (Wildman–Crippen LogP) is 2.72. The van der Waals surface area contributed by atoms with E-state index < -0.39 is 0 Å². The molecule has 2 aromatic heterocycles. The molecule has 174 valence electrons. The third-order valence-corrected chi connectivity index (χ3v) is 7.12. The van der Waals surface area contributed by atoms with Crippen LogP contribution in [-0.2, 0) is 31.4 Å². The Labute approximate surface area is 193 Å². The van der Waals surface area contributed by atoms with Crippen LogP contribution in [0.4, 0.5) is 0 Å². The maximum absolute atomic E-state index is 12.8. The number of aromatic amines is 1. The van der Waals surface area contributed by atoms with Gasteiger partial charge < -0.3 is 14.5 Å². The van der Waals surface area contributed by atoms with Crippen LogP contribution in [0.3, 0.4) is 0 Å². The Balaban J connectivity index is 1.24. The molecule has 0 radical (unpaired) electrons. The van der Waals surface area contributed by atoms with Crippen molar-refractivity contribution in [2.24, 2.45) is 7.05 Å². The van der Waals surface area contributed by atoms with Gasteiger partial charge in [0.05, 0.1) is 35.4 Å². The van der Waals surface area contributed by atoms with E-state index in [-0.39, 0.29) is 17.4 Å². The van der Waals surface area contributed by atoms with Crippen molar-refractivity contribution in [3.05, 3.63) is 57.5 Å². The lowest BCUT2D eigenvalue weighted by atomic mass is 9.95. The van der Waals surface area contributed by atoms with Gasteiger partial charge in [0.25, 0.3) is 5.56 Å². The SMILES string of the molecule is CCCC(=O)N1CCc2nc(C3CCN(Cc4nc5ccccc5n4C)CC3)[nH]c(=O)c2C1. The zero-order chi connectivity index (χ0) is 22.9. The van der Waals surface area contributed by atoms with Gasteiger partial charge in [-0.25, -0.2) is 9.97 Å². The van der Waals surface area contributed by atoms with Gasteiger partial charge in [-0.15, -0.1) is 0 Å². The number of aromatic nitrogens is 4. The number of nitrogens with one attached hydrogen (secondary N) is 1. The van der Waals surface area contributed by atoms with Crippen molar-refractivity contribution < 1.29 is 4.79 Å². The zero-order valence-corrected chi connectivity index (χ0v) is 19.5. The summed E-state index contributed by atoms with van der Waals surface area (Å²) in [5.74, 6) is 2.28. The number of hydrogen-bond donors (Lipinski definition) is 1. The first-order valence-electron chi connectivity index (χ1n) is 12.1. The van der Waals surface area contributed by atoms with Crippen molar-refractivity contribution in [3.8, 4) is 0 Å². The molecule has 1 fully saturated rings. The van der Waals surface area contributed by atoms with E-state index in [2.05, 4.69) is 33.6 Å². The minimum Gasteiger partial charge on any atom is -0.338 e. The molecule has 5 rings (SSSR count). The lowest BCUT2D eigenvalue weighted by Gasteiger charge is -2.32. The highest BCUT2D eigenvalue weighted by molar-refractivity contribution is 5.76. The molecule has 33 heavy (non-hydrogen) atoms. The van der Waals surface area contributed by atoms with Crippen LogP contribution >= 0.6 is 0 Å². The molecule has 2 aliphatic rings. The summed E-state index contributed by atoms with van der Waals surface area (Å²) in [7, 11) is 2.08. The summed E-state index contributed by atoms with van der Waals surface area (Å²) >= 11 is 0. The molecular formula is C25H32N6O2. The third kappa shape index (κ3) is 4.31. The Bertz CT molecular complexity index is 1220. The molecule has 0 bridgehead atoms. The highest BCUT2D eigenvalue weighted by Gasteiger charge is 2.28. The molecule has 8 heteroatoms. The molecule has 0 aliphatic carbocycles. The smallest absolute Gasteiger partial charge is 0.256 e. The van der Waals surface area contributed by atoms with Gasteiger partial charge in [0, 0.05) is 32.4 Å². The van der Waals surface area contributed by atoms with E-state index in [4.69, 9.17) is 9.97 Å². The van der Waals surface area contributed by atoms with E-state index in [9.17, 15) is 9.59 Å². The first-order chi connectivity index (χ1) is 16.0. The molecule has 1 aromatic carbocycles.